The summed E-state index contributed by atoms with van der Waals surface area (Å²) < 4.78 is 0. The Hall–Kier alpha value is -1.88. The number of aryl methyl sites for hydroxylation is 2. The maximum absolute atomic E-state index is 12.7. The summed E-state index contributed by atoms with van der Waals surface area (Å²) in [6.07, 6.45) is 1.62. The molecule has 0 saturated carbocycles. The van der Waals surface area contributed by atoms with Crippen LogP contribution in [0.3, 0.4) is 0 Å². The number of rotatable bonds is 2. The zero-order valence-corrected chi connectivity index (χ0v) is 12.5. The van der Waals surface area contributed by atoms with Crippen molar-refractivity contribution < 1.29 is 9.59 Å². The Morgan fingerprint density at radius 2 is 2.10 bits per heavy atom. The van der Waals surface area contributed by atoms with E-state index >= 15 is 0 Å². The van der Waals surface area contributed by atoms with Gasteiger partial charge in [-0.25, -0.2) is 4.79 Å². The van der Waals surface area contributed by atoms with Gasteiger partial charge in [0.1, 0.15) is 5.54 Å². The molecule has 2 heterocycles. The van der Waals surface area contributed by atoms with Crippen molar-refractivity contribution in [1.29, 1.82) is 0 Å². The molecular formula is C16H21N3O2. The topological polar surface area (TPSA) is 61.4 Å². The van der Waals surface area contributed by atoms with E-state index in [4.69, 9.17) is 0 Å². The third kappa shape index (κ3) is 2.42. The van der Waals surface area contributed by atoms with Crippen molar-refractivity contribution >= 4 is 11.9 Å². The smallest absolute Gasteiger partial charge is 0.322 e. The molecule has 1 aromatic rings. The van der Waals surface area contributed by atoms with Crippen molar-refractivity contribution in [1.82, 2.24) is 15.5 Å². The Morgan fingerprint density at radius 3 is 2.81 bits per heavy atom. The molecule has 2 aliphatic rings. The van der Waals surface area contributed by atoms with Crippen LogP contribution < -0.4 is 10.6 Å². The van der Waals surface area contributed by atoms with Crippen LogP contribution in [0.25, 0.3) is 0 Å². The lowest BCUT2D eigenvalue weighted by atomic mass is 9.90. The number of nitrogens with zero attached hydrogens (tertiary/aromatic N) is 1. The number of urea groups is 1. The Balaban J connectivity index is 1.84. The van der Waals surface area contributed by atoms with Gasteiger partial charge in [-0.3, -0.25) is 9.69 Å². The lowest BCUT2D eigenvalue weighted by Crippen LogP contribution is -2.57. The van der Waals surface area contributed by atoms with Crippen LogP contribution >= 0.6 is 0 Å². The molecular weight excluding hydrogens is 266 g/mol. The molecule has 3 rings (SSSR count). The zero-order valence-electron chi connectivity index (χ0n) is 12.5. The maximum atomic E-state index is 12.7. The molecule has 21 heavy (non-hydrogen) atoms. The van der Waals surface area contributed by atoms with Gasteiger partial charge >= 0.3 is 6.03 Å². The number of imide groups is 1. The summed E-state index contributed by atoms with van der Waals surface area (Å²) in [6.45, 7) is 5.80. The summed E-state index contributed by atoms with van der Waals surface area (Å²) in [5.41, 5.74) is 2.53. The molecule has 5 heteroatoms. The molecule has 1 atom stereocenters. The summed E-state index contributed by atoms with van der Waals surface area (Å²) in [5.74, 6) is -0.0967. The minimum absolute atomic E-state index is 0.0967. The van der Waals surface area contributed by atoms with E-state index in [-0.39, 0.29) is 11.9 Å². The van der Waals surface area contributed by atoms with Crippen LogP contribution in [0.1, 0.15) is 29.5 Å². The first-order valence-corrected chi connectivity index (χ1v) is 7.43. The second kappa shape index (κ2) is 5.15. The summed E-state index contributed by atoms with van der Waals surface area (Å²) in [4.78, 5) is 26.3. The number of carbonyl (C=O) groups excluding carboxylic acids is 2. The van der Waals surface area contributed by atoms with E-state index in [1.165, 1.54) is 4.90 Å². The average molecular weight is 287 g/mol. The number of piperidine rings is 1. The number of amides is 3. The number of carbonyl (C=O) groups is 2. The van der Waals surface area contributed by atoms with E-state index in [1.807, 2.05) is 32.0 Å². The average Bonchev–Trinajstić information content (AvgIpc) is 2.68. The minimum atomic E-state index is -0.729. The molecule has 1 aromatic carbocycles. The van der Waals surface area contributed by atoms with Crippen molar-refractivity contribution in [2.24, 2.45) is 0 Å². The second-order valence-corrected chi connectivity index (χ2v) is 6.11. The predicted molar refractivity (Wildman–Crippen MR) is 79.8 cm³/mol. The molecule has 1 spiro atoms. The highest BCUT2D eigenvalue weighted by Gasteiger charge is 2.51. The largest absolute Gasteiger partial charge is 0.325 e. The van der Waals surface area contributed by atoms with Crippen LogP contribution in [0.2, 0.25) is 0 Å². The van der Waals surface area contributed by atoms with Gasteiger partial charge in [-0.05, 0) is 44.4 Å². The van der Waals surface area contributed by atoms with E-state index < -0.39 is 5.54 Å². The zero-order chi connectivity index (χ0) is 15.0. The highest BCUT2D eigenvalue weighted by atomic mass is 16.2. The van der Waals surface area contributed by atoms with Gasteiger partial charge in [0.25, 0.3) is 5.91 Å². The fourth-order valence-corrected chi connectivity index (χ4v) is 3.16. The van der Waals surface area contributed by atoms with Crippen molar-refractivity contribution in [2.45, 2.75) is 38.8 Å². The van der Waals surface area contributed by atoms with Crippen molar-refractivity contribution in [3.63, 3.8) is 0 Å². The van der Waals surface area contributed by atoms with E-state index in [9.17, 15) is 9.59 Å². The van der Waals surface area contributed by atoms with E-state index in [0.717, 1.165) is 29.7 Å². The molecule has 0 aliphatic carbocycles. The Kier molecular flexibility index (Phi) is 3.45. The summed E-state index contributed by atoms with van der Waals surface area (Å²) in [5, 5.41) is 6.11. The summed E-state index contributed by atoms with van der Waals surface area (Å²) in [7, 11) is 0. The number of hydrogen-bond acceptors (Lipinski definition) is 3. The highest BCUT2D eigenvalue weighted by Crippen LogP contribution is 2.27. The molecule has 2 aliphatic heterocycles. The van der Waals surface area contributed by atoms with Crippen molar-refractivity contribution in [3.8, 4) is 0 Å². The molecule has 0 bridgehead atoms. The normalized spacial score (nSPS) is 25.5. The molecule has 2 fully saturated rings. The summed E-state index contributed by atoms with van der Waals surface area (Å²) in [6, 6.07) is 5.84. The van der Waals surface area contributed by atoms with E-state index in [1.54, 1.807) is 0 Å². The molecule has 112 valence electrons. The minimum Gasteiger partial charge on any atom is -0.322 e. The van der Waals surface area contributed by atoms with Crippen LogP contribution in [-0.2, 0) is 11.3 Å². The first kappa shape index (κ1) is 14.1. The third-order valence-electron chi connectivity index (χ3n) is 4.46. The SMILES string of the molecule is Cc1ccc(C)c(CN2C(=O)NC3(CCCNC3)C2=O)c1. The van der Waals surface area contributed by atoms with Gasteiger partial charge in [-0.2, -0.15) is 0 Å². The van der Waals surface area contributed by atoms with Crippen LogP contribution in [0.5, 0.6) is 0 Å². The fraction of sp³-hybridized carbons (Fsp3) is 0.500. The number of hydrogen-bond donors (Lipinski definition) is 2. The third-order valence-corrected chi connectivity index (χ3v) is 4.46. The molecule has 1 unspecified atom stereocenters. The molecule has 5 nitrogen and oxygen atoms in total. The van der Waals surface area contributed by atoms with Crippen LogP contribution in [0.15, 0.2) is 18.2 Å². The van der Waals surface area contributed by atoms with Gasteiger partial charge in [-0.15, -0.1) is 0 Å². The van der Waals surface area contributed by atoms with Crippen molar-refractivity contribution in [3.05, 3.63) is 34.9 Å². The first-order valence-electron chi connectivity index (χ1n) is 7.43. The molecule has 2 N–H and O–H groups in total. The quantitative estimate of drug-likeness (QED) is 0.810. The van der Waals surface area contributed by atoms with Gasteiger partial charge in [-0.1, -0.05) is 23.8 Å². The number of nitrogens with one attached hydrogen (secondary N) is 2. The van der Waals surface area contributed by atoms with Crippen LogP contribution in [-0.4, -0.2) is 35.5 Å². The van der Waals surface area contributed by atoms with Gasteiger partial charge in [0.15, 0.2) is 0 Å². The van der Waals surface area contributed by atoms with E-state index in [2.05, 4.69) is 10.6 Å². The Bertz CT molecular complexity index is 591. The monoisotopic (exact) mass is 287 g/mol. The van der Waals surface area contributed by atoms with Gasteiger partial charge < -0.3 is 10.6 Å². The first-order chi connectivity index (χ1) is 10.0. The van der Waals surface area contributed by atoms with Gasteiger partial charge in [0.05, 0.1) is 6.54 Å². The fourth-order valence-electron chi connectivity index (χ4n) is 3.16. The van der Waals surface area contributed by atoms with Crippen LogP contribution in [0, 0.1) is 13.8 Å². The highest BCUT2D eigenvalue weighted by molar-refractivity contribution is 6.07. The second-order valence-electron chi connectivity index (χ2n) is 6.11. The lowest BCUT2D eigenvalue weighted by molar-refractivity contribution is -0.132. The van der Waals surface area contributed by atoms with Crippen molar-refractivity contribution in [2.75, 3.05) is 13.1 Å². The molecule has 2 saturated heterocycles. The van der Waals surface area contributed by atoms with E-state index in [0.29, 0.717) is 19.5 Å². The summed E-state index contributed by atoms with van der Waals surface area (Å²) >= 11 is 0. The van der Waals surface area contributed by atoms with Crippen LogP contribution in [0.4, 0.5) is 4.79 Å². The van der Waals surface area contributed by atoms with Gasteiger partial charge in [0.2, 0.25) is 0 Å². The Morgan fingerprint density at radius 1 is 1.29 bits per heavy atom. The molecule has 3 amide bonds. The standard InChI is InChI=1S/C16H21N3O2/c1-11-4-5-12(2)13(8-11)9-19-14(20)16(18-15(19)21)6-3-7-17-10-16/h4-5,8,17H,3,6-7,9-10H2,1-2H3,(H,18,21). The lowest BCUT2D eigenvalue weighted by Gasteiger charge is -2.31. The Labute approximate surface area is 124 Å². The maximum Gasteiger partial charge on any atom is 0.325 e. The predicted octanol–water partition coefficient (Wildman–Crippen LogP) is 1.48. The van der Waals surface area contributed by atoms with Gasteiger partial charge in [0, 0.05) is 6.54 Å². The molecule has 0 radical (unpaired) electrons. The molecule has 0 aromatic heterocycles. The number of benzene rings is 1.